The molecule has 1 atom stereocenters. The van der Waals surface area contributed by atoms with Crippen LogP contribution in [0.15, 0.2) is 30.3 Å². The molecule has 0 aliphatic rings. The Labute approximate surface area is 162 Å². The molecule has 1 rings (SSSR count). The van der Waals surface area contributed by atoms with Gasteiger partial charge in [0.1, 0.15) is 12.6 Å². The Morgan fingerprint density at radius 3 is 2.04 bits per heavy atom. The Balaban J connectivity index is 2.35. The Hall–Kier alpha value is -2.94. The molecule has 0 aliphatic carbocycles. The number of hydrogen-bond donors (Lipinski definition) is 3. The van der Waals surface area contributed by atoms with Crippen LogP contribution in [-0.4, -0.2) is 63.2 Å². The van der Waals surface area contributed by atoms with Crippen LogP contribution >= 0.6 is 0 Å². The van der Waals surface area contributed by atoms with E-state index < -0.39 is 37.0 Å². The van der Waals surface area contributed by atoms with Crippen LogP contribution in [0.1, 0.15) is 37.7 Å². The van der Waals surface area contributed by atoms with Crippen LogP contribution in [-0.2, 0) is 30.5 Å². The number of hydrogen-bond acceptors (Lipinski definition) is 6. The van der Waals surface area contributed by atoms with E-state index in [1.807, 2.05) is 30.3 Å². The van der Waals surface area contributed by atoms with Crippen molar-refractivity contribution in [1.82, 2.24) is 4.90 Å². The van der Waals surface area contributed by atoms with Gasteiger partial charge in [-0.05, 0) is 18.4 Å². The van der Waals surface area contributed by atoms with E-state index in [1.54, 1.807) is 0 Å². The van der Waals surface area contributed by atoms with Crippen molar-refractivity contribution in [3.63, 3.8) is 0 Å². The van der Waals surface area contributed by atoms with Gasteiger partial charge in [0.2, 0.25) is 0 Å². The highest BCUT2D eigenvalue weighted by atomic mass is 16.5. The lowest BCUT2D eigenvalue weighted by molar-refractivity contribution is -0.150. The highest BCUT2D eigenvalue weighted by Crippen LogP contribution is 2.13. The Kier molecular flexibility index (Phi) is 10.3. The standard InChI is InChI=1S/C19H25NO8/c21-16(22)11-20(12-17(23)24)15(19(26)27)9-5-2-6-10-18(25)28-13-14-7-3-1-4-8-14/h1,3-4,7-8,15H,2,5-6,9-13H2,(H,21,22)(H,23,24)(H,26,27). The number of carbonyl (C=O) groups is 4. The third-order valence-electron chi connectivity index (χ3n) is 4.00. The van der Waals surface area contributed by atoms with E-state index in [0.717, 1.165) is 10.5 Å². The van der Waals surface area contributed by atoms with E-state index in [0.29, 0.717) is 19.3 Å². The smallest absolute Gasteiger partial charge is 0.320 e. The molecule has 0 heterocycles. The van der Waals surface area contributed by atoms with Crippen molar-refractivity contribution < 1.29 is 39.2 Å². The first-order valence-corrected chi connectivity index (χ1v) is 8.89. The second-order valence-corrected chi connectivity index (χ2v) is 6.29. The van der Waals surface area contributed by atoms with Crippen LogP contribution < -0.4 is 0 Å². The zero-order valence-corrected chi connectivity index (χ0v) is 15.5. The summed E-state index contributed by atoms with van der Waals surface area (Å²) in [7, 11) is 0. The average molecular weight is 395 g/mol. The van der Waals surface area contributed by atoms with E-state index in [9.17, 15) is 24.3 Å². The number of rotatable bonds is 14. The lowest BCUT2D eigenvalue weighted by Gasteiger charge is -2.25. The van der Waals surface area contributed by atoms with Crippen LogP contribution in [0.5, 0.6) is 0 Å². The van der Waals surface area contributed by atoms with E-state index in [1.165, 1.54) is 0 Å². The molecular formula is C19H25NO8. The van der Waals surface area contributed by atoms with Crippen molar-refractivity contribution in [3.05, 3.63) is 35.9 Å². The predicted octanol–water partition coefficient (Wildman–Crippen LogP) is 1.60. The van der Waals surface area contributed by atoms with E-state index in [-0.39, 0.29) is 25.4 Å². The topological polar surface area (TPSA) is 141 Å². The van der Waals surface area contributed by atoms with Gasteiger partial charge in [-0.1, -0.05) is 43.2 Å². The second-order valence-electron chi connectivity index (χ2n) is 6.29. The molecule has 0 fully saturated rings. The molecule has 1 aromatic carbocycles. The number of benzene rings is 1. The van der Waals surface area contributed by atoms with Crippen molar-refractivity contribution in [2.24, 2.45) is 0 Å². The van der Waals surface area contributed by atoms with Crippen LogP contribution in [0.25, 0.3) is 0 Å². The fraction of sp³-hybridized carbons (Fsp3) is 0.474. The van der Waals surface area contributed by atoms with Gasteiger partial charge in [0.05, 0.1) is 13.1 Å². The molecule has 3 N–H and O–H groups in total. The lowest BCUT2D eigenvalue weighted by atomic mass is 10.1. The maximum atomic E-state index is 11.7. The molecule has 0 bridgehead atoms. The predicted molar refractivity (Wildman–Crippen MR) is 97.6 cm³/mol. The molecule has 28 heavy (non-hydrogen) atoms. The summed E-state index contributed by atoms with van der Waals surface area (Å²) in [6.45, 7) is -1.15. The van der Waals surface area contributed by atoms with Gasteiger partial charge in [0.15, 0.2) is 0 Å². The minimum atomic E-state index is -1.30. The number of unbranched alkanes of at least 4 members (excludes halogenated alkanes) is 2. The molecule has 0 saturated carbocycles. The Morgan fingerprint density at radius 2 is 1.50 bits per heavy atom. The maximum absolute atomic E-state index is 11.7. The summed E-state index contributed by atoms with van der Waals surface area (Å²) < 4.78 is 5.15. The molecule has 1 aromatic rings. The first-order valence-electron chi connectivity index (χ1n) is 8.89. The van der Waals surface area contributed by atoms with Gasteiger partial charge in [-0.15, -0.1) is 0 Å². The number of carboxylic acids is 3. The van der Waals surface area contributed by atoms with Crippen molar-refractivity contribution in [2.45, 2.75) is 44.8 Å². The molecule has 0 aromatic heterocycles. The van der Waals surface area contributed by atoms with Gasteiger partial charge >= 0.3 is 23.9 Å². The maximum Gasteiger partial charge on any atom is 0.320 e. The highest BCUT2D eigenvalue weighted by molar-refractivity contribution is 5.78. The Morgan fingerprint density at radius 1 is 0.893 bits per heavy atom. The van der Waals surface area contributed by atoms with E-state index in [2.05, 4.69) is 0 Å². The zero-order valence-electron chi connectivity index (χ0n) is 15.5. The third kappa shape index (κ3) is 9.67. The Bertz CT molecular complexity index is 645. The lowest BCUT2D eigenvalue weighted by Crippen LogP contribution is -2.46. The fourth-order valence-electron chi connectivity index (χ4n) is 2.68. The first-order chi connectivity index (χ1) is 13.3. The van der Waals surface area contributed by atoms with Crippen LogP contribution in [0, 0.1) is 0 Å². The molecule has 1 unspecified atom stereocenters. The van der Waals surface area contributed by atoms with E-state index in [4.69, 9.17) is 14.9 Å². The largest absolute Gasteiger partial charge is 0.480 e. The summed E-state index contributed by atoms with van der Waals surface area (Å²) in [6, 6.07) is 8.04. The molecule has 9 nitrogen and oxygen atoms in total. The van der Waals surface area contributed by atoms with E-state index >= 15 is 0 Å². The summed E-state index contributed by atoms with van der Waals surface area (Å²) in [5, 5.41) is 27.0. The van der Waals surface area contributed by atoms with Crippen molar-refractivity contribution >= 4 is 23.9 Å². The molecule has 0 saturated heterocycles. The van der Waals surface area contributed by atoms with Gasteiger partial charge in [-0.2, -0.15) is 0 Å². The van der Waals surface area contributed by atoms with Crippen LogP contribution in [0.4, 0.5) is 0 Å². The summed E-state index contributed by atoms with van der Waals surface area (Å²) in [5.74, 6) is -4.22. The van der Waals surface area contributed by atoms with Crippen LogP contribution in [0.3, 0.4) is 0 Å². The normalized spacial score (nSPS) is 11.8. The quantitative estimate of drug-likeness (QED) is 0.316. The number of nitrogens with zero attached hydrogens (tertiary/aromatic N) is 1. The van der Waals surface area contributed by atoms with Crippen molar-refractivity contribution in [2.75, 3.05) is 13.1 Å². The van der Waals surface area contributed by atoms with Gasteiger partial charge in [-0.25, -0.2) is 0 Å². The van der Waals surface area contributed by atoms with Gasteiger partial charge in [-0.3, -0.25) is 24.1 Å². The van der Waals surface area contributed by atoms with Crippen LogP contribution in [0.2, 0.25) is 0 Å². The molecule has 0 radical (unpaired) electrons. The molecule has 154 valence electrons. The third-order valence-corrected chi connectivity index (χ3v) is 4.00. The van der Waals surface area contributed by atoms with Crippen molar-refractivity contribution in [3.8, 4) is 0 Å². The average Bonchev–Trinajstić information content (AvgIpc) is 2.62. The number of carbonyl (C=O) groups excluding carboxylic acids is 1. The minimum Gasteiger partial charge on any atom is -0.480 e. The molecule has 0 spiro atoms. The summed E-state index contributed by atoms with van der Waals surface area (Å²) in [4.78, 5) is 45.7. The second kappa shape index (κ2) is 12.4. The van der Waals surface area contributed by atoms with Gasteiger partial charge < -0.3 is 20.1 Å². The number of aliphatic carboxylic acids is 3. The fourth-order valence-corrected chi connectivity index (χ4v) is 2.68. The number of esters is 1. The summed E-state index contributed by atoms with van der Waals surface area (Å²) in [6.07, 6.45) is 1.74. The SMILES string of the molecule is O=C(O)CN(CC(=O)O)C(CCCCCC(=O)OCc1ccccc1)C(=O)O. The molecular weight excluding hydrogens is 370 g/mol. The first kappa shape index (κ1) is 23.1. The summed E-state index contributed by atoms with van der Waals surface area (Å²) >= 11 is 0. The summed E-state index contributed by atoms with van der Waals surface area (Å²) in [5.41, 5.74) is 0.886. The molecule has 0 aliphatic heterocycles. The number of ether oxygens (including phenoxy) is 1. The van der Waals surface area contributed by atoms with Gasteiger partial charge in [0, 0.05) is 6.42 Å². The number of carboxylic acid groups (broad SMARTS) is 3. The van der Waals surface area contributed by atoms with Crippen molar-refractivity contribution in [1.29, 1.82) is 0 Å². The molecule has 0 amide bonds. The van der Waals surface area contributed by atoms with Gasteiger partial charge in [0.25, 0.3) is 0 Å². The highest BCUT2D eigenvalue weighted by Gasteiger charge is 2.28. The minimum absolute atomic E-state index is 0.0922. The molecule has 9 heteroatoms. The monoisotopic (exact) mass is 395 g/mol. The zero-order chi connectivity index (χ0) is 20.9.